The summed E-state index contributed by atoms with van der Waals surface area (Å²) in [5, 5.41) is 1.90. The summed E-state index contributed by atoms with van der Waals surface area (Å²) in [5.74, 6) is -0.163. The predicted octanol–water partition coefficient (Wildman–Crippen LogP) is 3.59. The van der Waals surface area contributed by atoms with Crippen molar-refractivity contribution in [2.75, 3.05) is 6.26 Å². The number of aliphatic imine (C=N–C) groups is 1. The van der Waals surface area contributed by atoms with Gasteiger partial charge >= 0.3 is 0 Å². The van der Waals surface area contributed by atoms with Gasteiger partial charge in [0, 0.05) is 0 Å². The van der Waals surface area contributed by atoms with Crippen LogP contribution in [0.4, 0.5) is 0 Å². The highest BCUT2D eigenvalue weighted by Crippen LogP contribution is 2.35. The van der Waals surface area contributed by atoms with Gasteiger partial charge < -0.3 is 0 Å². The lowest BCUT2D eigenvalue weighted by atomic mass is 9.93. The van der Waals surface area contributed by atoms with E-state index in [2.05, 4.69) is 4.99 Å². The molecule has 0 bridgehead atoms. The molecule has 23 heavy (non-hydrogen) atoms. The second-order valence-corrected chi connectivity index (χ2v) is 6.17. The Bertz CT molecular complexity index is 718. The number of hydrogen-bond acceptors (Lipinski definition) is 4. The monoisotopic (exact) mass is 326 g/mol. The third kappa shape index (κ3) is 3.02. The van der Waals surface area contributed by atoms with E-state index in [0.29, 0.717) is 11.8 Å². The van der Waals surface area contributed by atoms with Crippen molar-refractivity contribution in [3.63, 3.8) is 0 Å². The first-order valence-electron chi connectivity index (χ1n) is 7.36. The average molecular weight is 326 g/mol. The molecule has 118 valence electrons. The number of amides is 1. The molecule has 1 amide bonds. The van der Waals surface area contributed by atoms with Crippen LogP contribution in [-0.2, 0) is 21.8 Å². The van der Waals surface area contributed by atoms with Gasteiger partial charge in [0.15, 0.2) is 10.7 Å². The van der Waals surface area contributed by atoms with Crippen molar-refractivity contribution in [2.24, 2.45) is 4.99 Å². The molecule has 0 radical (unpaired) electrons. The molecule has 0 aromatic heterocycles. The maximum atomic E-state index is 12.9. The van der Waals surface area contributed by atoms with Crippen molar-refractivity contribution in [2.45, 2.75) is 19.1 Å². The summed E-state index contributed by atoms with van der Waals surface area (Å²) in [7, 11) is 0. The van der Waals surface area contributed by atoms with Crippen molar-refractivity contribution in [1.29, 1.82) is 0 Å². The van der Waals surface area contributed by atoms with Crippen LogP contribution in [0.2, 0.25) is 0 Å². The van der Waals surface area contributed by atoms with E-state index in [4.69, 9.17) is 4.84 Å². The summed E-state index contributed by atoms with van der Waals surface area (Å²) in [5.41, 5.74) is 0.937. The van der Waals surface area contributed by atoms with Crippen molar-refractivity contribution in [1.82, 2.24) is 5.06 Å². The molecule has 1 aliphatic heterocycles. The van der Waals surface area contributed by atoms with Gasteiger partial charge in [-0.3, -0.25) is 9.63 Å². The van der Waals surface area contributed by atoms with E-state index in [1.165, 1.54) is 16.8 Å². The summed E-state index contributed by atoms with van der Waals surface area (Å²) in [6.07, 6.45) is 1.89. The van der Waals surface area contributed by atoms with Gasteiger partial charge in [-0.15, -0.1) is 0 Å². The third-order valence-corrected chi connectivity index (χ3v) is 4.44. The highest BCUT2D eigenvalue weighted by molar-refractivity contribution is 8.13. The molecule has 2 aromatic rings. The Morgan fingerprint density at radius 3 is 2.30 bits per heavy atom. The van der Waals surface area contributed by atoms with Gasteiger partial charge in [0.2, 0.25) is 0 Å². The van der Waals surface area contributed by atoms with Crippen LogP contribution in [0.3, 0.4) is 0 Å². The number of rotatable bonds is 4. The fraction of sp³-hybridized carbons (Fsp3) is 0.222. The summed E-state index contributed by atoms with van der Waals surface area (Å²) in [4.78, 5) is 23.3. The number of thioether (sulfide) groups is 1. The number of amidine groups is 1. The Morgan fingerprint density at radius 1 is 1.09 bits per heavy atom. The standard InChI is InChI=1S/C18H18N2O2S/c1-18(15-11-7-4-8-12-15)16(21)20(17(19-18)23-2)22-13-14-9-5-3-6-10-14/h3-12H,13H2,1-2H3. The number of benzene rings is 2. The fourth-order valence-electron chi connectivity index (χ4n) is 2.48. The van der Waals surface area contributed by atoms with Crippen molar-refractivity contribution >= 4 is 22.8 Å². The maximum Gasteiger partial charge on any atom is 0.285 e. The van der Waals surface area contributed by atoms with E-state index in [0.717, 1.165) is 11.1 Å². The van der Waals surface area contributed by atoms with E-state index in [9.17, 15) is 4.79 Å². The lowest BCUT2D eigenvalue weighted by Crippen LogP contribution is -2.38. The summed E-state index contributed by atoms with van der Waals surface area (Å²) < 4.78 is 0. The van der Waals surface area contributed by atoms with Gasteiger partial charge in [0.1, 0.15) is 6.61 Å². The van der Waals surface area contributed by atoms with Gasteiger partial charge in [0.05, 0.1) is 0 Å². The lowest BCUT2D eigenvalue weighted by molar-refractivity contribution is -0.167. The fourth-order valence-corrected chi connectivity index (χ4v) is 3.05. The van der Waals surface area contributed by atoms with Crippen LogP contribution >= 0.6 is 11.8 Å². The van der Waals surface area contributed by atoms with Gasteiger partial charge in [0.25, 0.3) is 5.91 Å². The second-order valence-electron chi connectivity index (χ2n) is 5.40. The minimum Gasteiger partial charge on any atom is -0.269 e. The summed E-state index contributed by atoms with van der Waals surface area (Å²) in [6, 6.07) is 19.4. The van der Waals surface area contributed by atoms with Crippen LogP contribution < -0.4 is 0 Å². The molecule has 3 rings (SSSR count). The van der Waals surface area contributed by atoms with E-state index < -0.39 is 5.54 Å². The van der Waals surface area contributed by atoms with E-state index >= 15 is 0 Å². The summed E-state index contributed by atoms with van der Waals surface area (Å²) in [6.45, 7) is 2.16. The third-order valence-electron chi connectivity index (χ3n) is 3.82. The Labute approximate surface area is 140 Å². The number of hydroxylamine groups is 2. The van der Waals surface area contributed by atoms with E-state index in [1.807, 2.05) is 73.8 Å². The van der Waals surface area contributed by atoms with E-state index in [1.54, 1.807) is 0 Å². The molecule has 1 unspecified atom stereocenters. The molecule has 0 aliphatic carbocycles. The molecule has 1 heterocycles. The predicted molar refractivity (Wildman–Crippen MR) is 92.8 cm³/mol. The van der Waals surface area contributed by atoms with Crippen LogP contribution in [0.25, 0.3) is 0 Å². The smallest absolute Gasteiger partial charge is 0.269 e. The lowest BCUT2D eigenvalue weighted by Gasteiger charge is -2.22. The molecule has 0 fully saturated rings. The van der Waals surface area contributed by atoms with E-state index in [-0.39, 0.29) is 5.91 Å². The van der Waals surface area contributed by atoms with Crippen LogP contribution in [0.15, 0.2) is 65.7 Å². The quantitative estimate of drug-likeness (QED) is 0.862. The maximum absolute atomic E-state index is 12.9. The van der Waals surface area contributed by atoms with Gasteiger partial charge in [-0.1, -0.05) is 72.4 Å². The van der Waals surface area contributed by atoms with Crippen molar-refractivity contribution in [3.05, 3.63) is 71.8 Å². The van der Waals surface area contributed by atoms with Gasteiger partial charge in [-0.25, -0.2) is 4.99 Å². The van der Waals surface area contributed by atoms with Gasteiger partial charge in [-0.05, 0) is 24.3 Å². The summed E-state index contributed by atoms with van der Waals surface area (Å²) >= 11 is 1.41. The normalized spacial score (nSPS) is 20.7. The first kappa shape index (κ1) is 15.8. The Morgan fingerprint density at radius 2 is 1.70 bits per heavy atom. The van der Waals surface area contributed by atoms with Crippen LogP contribution in [-0.4, -0.2) is 22.4 Å². The van der Waals surface area contributed by atoms with Crippen molar-refractivity contribution in [3.8, 4) is 0 Å². The zero-order chi connectivity index (χ0) is 16.3. The minimum atomic E-state index is -0.934. The number of carbonyl (C=O) groups excluding carboxylic acids is 1. The minimum absolute atomic E-state index is 0.163. The van der Waals surface area contributed by atoms with Crippen LogP contribution in [0.5, 0.6) is 0 Å². The van der Waals surface area contributed by atoms with Crippen LogP contribution in [0.1, 0.15) is 18.1 Å². The number of carbonyl (C=O) groups is 1. The molecule has 0 saturated carbocycles. The zero-order valence-electron chi connectivity index (χ0n) is 13.1. The molecule has 4 nitrogen and oxygen atoms in total. The molecule has 1 atom stereocenters. The largest absolute Gasteiger partial charge is 0.285 e. The highest BCUT2D eigenvalue weighted by Gasteiger charge is 2.46. The topological polar surface area (TPSA) is 41.9 Å². The molecular weight excluding hydrogens is 308 g/mol. The molecule has 0 saturated heterocycles. The second kappa shape index (κ2) is 6.56. The molecule has 0 spiro atoms. The molecular formula is C18H18N2O2S. The first-order chi connectivity index (χ1) is 11.1. The average Bonchev–Trinajstić information content (AvgIpc) is 2.86. The number of nitrogens with zero attached hydrogens (tertiary/aromatic N) is 2. The molecule has 0 N–H and O–H groups in total. The van der Waals surface area contributed by atoms with Crippen molar-refractivity contribution < 1.29 is 9.63 Å². The Balaban J connectivity index is 1.83. The van der Waals surface area contributed by atoms with Crippen LogP contribution in [0, 0.1) is 0 Å². The molecule has 5 heteroatoms. The zero-order valence-corrected chi connectivity index (χ0v) is 13.9. The highest BCUT2D eigenvalue weighted by atomic mass is 32.2. The molecule has 1 aliphatic rings. The molecule has 2 aromatic carbocycles. The Kier molecular flexibility index (Phi) is 4.50. The number of hydrogen-bond donors (Lipinski definition) is 0. The van der Waals surface area contributed by atoms with Gasteiger partial charge in [-0.2, -0.15) is 5.06 Å². The SMILES string of the molecule is CSC1=NC(C)(c2ccccc2)C(=O)N1OCc1ccccc1. The first-order valence-corrected chi connectivity index (χ1v) is 8.58. The Hall–Kier alpha value is -2.11.